The quantitative estimate of drug-likeness (QED) is 0.597. The number of benzene rings is 1. The van der Waals surface area contributed by atoms with Gasteiger partial charge in [-0.2, -0.15) is 0 Å². The molecule has 0 unspecified atom stereocenters. The third-order valence-corrected chi connectivity index (χ3v) is 3.62. The summed E-state index contributed by atoms with van der Waals surface area (Å²) in [6.07, 6.45) is -0.311. The Morgan fingerprint density at radius 2 is 1.68 bits per heavy atom. The Bertz CT molecular complexity index is 665. The molecule has 0 N–H and O–H groups in total. The van der Waals surface area contributed by atoms with Gasteiger partial charge in [-0.3, -0.25) is 0 Å². The molecule has 25 heavy (non-hydrogen) atoms. The van der Waals surface area contributed by atoms with Gasteiger partial charge in [-0.05, 0) is 32.9 Å². The lowest BCUT2D eigenvalue weighted by Gasteiger charge is -2.33. The average Bonchev–Trinajstić information content (AvgIpc) is 2.51. The van der Waals surface area contributed by atoms with Crippen LogP contribution in [0, 0.1) is 17.5 Å². The standard InChI is InChI=1S/C17H20F3NO4/c1-17(2,3)25-16(23)21-8-6-10(7-9-21)24-15(22)11-4-5-12(18)14(20)13(11)19/h4-5,10H,6-9H2,1-3H3. The minimum Gasteiger partial charge on any atom is -0.459 e. The number of piperidine rings is 1. The van der Waals surface area contributed by atoms with Crippen LogP contribution in [0.3, 0.4) is 0 Å². The number of likely N-dealkylation sites (tertiary alicyclic amines) is 1. The molecule has 0 atom stereocenters. The third kappa shape index (κ3) is 4.87. The molecular weight excluding hydrogens is 339 g/mol. The fraction of sp³-hybridized carbons (Fsp3) is 0.529. The predicted octanol–water partition coefficient (Wildman–Crippen LogP) is 3.66. The number of carbonyl (C=O) groups excluding carboxylic acids is 2. The second-order valence-corrected chi connectivity index (χ2v) is 6.79. The van der Waals surface area contributed by atoms with Crippen LogP contribution in [0.4, 0.5) is 18.0 Å². The van der Waals surface area contributed by atoms with Gasteiger partial charge in [-0.1, -0.05) is 0 Å². The summed E-state index contributed by atoms with van der Waals surface area (Å²) in [5.41, 5.74) is -1.27. The van der Waals surface area contributed by atoms with E-state index in [9.17, 15) is 22.8 Å². The van der Waals surface area contributed by atoms with E-state index >= 15 is 0 Å². The van der Waals surface area contributed by atoms with Crippen molar-refractivity contribution in [1.82, 2.24) is 4.90 Å². The molecule has 1 saturated heterocycles. The molecule has 0 aliphatic carbocycles. The highest BCUT2D eigenvalue weighted by atomic mass is 19.2. The lowest BCUT2D eigenvalue weighted by molar-refractivity contribution is -0.00366. The average molecular weight is 359 g/mol. The van der Waals surface area contributed by atoms with Crippen LogP contribution in [-0.2, 0) is 9.47 Å². The SMILES string of the molecule is CC(C)(C)OC(=O)N1CCC(OC(=O)c2ccc(F)c(F)c2F)CC1. The summed E-state index contributed by atoms with van der Waals surface area (Å²) in [5, 5.41) is 0. The van der Waals surface area contributed by atoms with E-state index < -0.39 is 46.8 Å². The van der Waals surface area contributed by atoms with Crippen molar-refractivity contribution in [2.24, 2.45) is 0 Å². The number of ether oxygens (including phenoxy) is 2. The molecular formula is C17H20F3NO4. The number of rotatable bonds is 2. The fourth-order valence-electron chi connectivity index (χ4n) is 2.38. The predicted molar refractivity (Wildman–Crippen MR) is 82.6 cm³/mol. The number of nitrogens with zero attached hydrogens (tertiary/aromatic N) is 1. The molecule has 1 aromatic carbocycles. The van der Waals surface area contributed by atoms with Gasteiger partial charge < -0.3 is 14.4 Å². The van der Waals surface area contributed by atoms with Crippen LogP contribution in [0.15, 0.2) is 12.1 Å². The summed E-state index contributed by atoms with van der Waals surface area (Å²) in [6, 6.07) is 1.51. The molecule has 8 heteroatoms. The molecule has 0 bridgehead atoms. The van der Waals surface area contributed by atoms with Crippen molar-refractivity contribution in [2.75, 3.05) is 13.1 Å². The number of hydrogen-bond acceptors (Lipinski definition) is 4. The maximum absolute atomic E-state index is 13.6. The molecule has 138 valence electrons. The number of halogens is 3. The van der Waals surface area contributed by atoms with Crippen molar-refractivity contribution in [2.45, 2.75) is 45.3 Å². The zero-order chi connectivity index (χ0) is 18.8. The van der Waals surface area contributed by atoms with Crippen molar-refractivity contribution in [3.8, 4) is 0 Å². The lowest BCUT2D eigenvalue weighted by Crippen LogP contribution is -2.43. The van der Waals surface area contributed by atoms with Gasteiger partial charge in [-0.15, -0.1) is 0 Å². The van der Waals surface area contributed by atoms with E-state index in [1.54, 1.807) is 20.8 Å². The smallest absolute Gasteiger partial charge is 0.410 e. The highest BCUT2D eigenvalue weighted by Gasteiger charge is 2.29. The summed E-state index contributed by atoms with van der Waals surface area (Å²) >= 11 is 0. The highest BCUT2D eigenvalue weighted by molar-refractivity contribution is 5.89. The molecule has 0 aromatic heterocycles. The van der Waals surface area contributed by atoms with E-state index in [-0.39, 0.29) is 0 Å². The van der Waals surface area contributed by atoms with Crippen molar-refractivity contribution >= 4 is 12.1 Å². The van der Waals surface area contributed by atoms with Gasteiger partial charge in [-0.25, -0.2) is 22.8 Å². The molecule has 1 amide bonds. The minimum absolute atomic E-state index is 0.313. The van der Waals surface area contributed by atoms with Crippen LogP contribution in [0.2, 0.25) is 0 Å². The van der Waals surface area contributed by atoms with E-state index in [1.165, 1.54) is 4.90 Å². The Morgan fingerprint density at radius 1 is 1.08 bits per heavy atom. The van der Waals surface area contributed by atoms with Gasteiger partial charge in [0, 0.05) is 25.9 Å². The molecule has 0 saturated carbocycles. The molecule has 1 aromatic rings. The minimum atomic E-state index is -1.71. The first-order valence-corrected chi connectivity index (χ1v) is 7.91. The first-order chi connectivity index (χ1) is 11.6. The molecule has 2 rings (SSSR count). The van der Waals surface area contributed by atoms with E-state index in [0.717, 1.165) is 6.07 Å². The molecule has 0 radical (unpaired) electrons. The summed E-state index contributed by atoms with van der Waals surface area (Å²) < 4.78 is 50.1. The topological polar surface area (TPSA) is 55.8 Å². The lowest BCUT2D eigenvalue weighted by atomic mass is 10.1. The van der Waals surface area contributed by atoms with E-state index in [1.807, 2.05) is 0 Å². The van der Waals surface area contributed by atoms with Gasteiger partial charge >= 0.3 is 12.1 Å². The first kappa shape index (κ1) is 19.1. The van der Waals surface area contributed by atoms with Crippen molar-refractivity contribution in [3.05, 3.63) is 35.1 Å². The second kappa shape index (κ2) is 7.33. The van der Waals surface area contributed by atoms with E-state index in [0.29, 0.717) is 32.0 Å². The second-order valence-electron chi connectivity index (χ2n) is 6.79. The monoisotopic (exact) mass is 359 g/mol. The summed E-state index contributed by atoms with van der Waals surface area (Å²) in [7, 11) is 0. The van der Waals surface area contributed by atoms with Gasteiger partial charge in [0.1, 0.15) is 11.7 Å². The van der Waals surface area contributed by atoms with Gasteiger partial charge in [0.15, 0.2) is 17.5 Å². The third-order valence-electron chi connectivity index (χ3n) is 3.62. The van der Waals surface area contributed by atoms with Crippen LogP contribution in [-0.4, -0.2) is 41.8 Å². The normalized spacial score (nSPS) is 15.8. The number of esters is 1. The zero-order valence-corrected chi connectivity index (χ0v) is 14.3. The van der Waals surface area contributed by atoms with Crippen LogP contribution in [0.25, 0.3) is 0 Å². The van der Waals surface area contributed by atoms with Gasteiger partial charge in [0.25, 0.3) is 0 Å². The Balaban J connectivity index is 1.91. The Labute approximate surface area is 143 Å². The Morgan fingerprint density at radius 3 is 2.24 bits per heavy atom. The Hall–Kier alpha value is -2.25. The number of hydrogen-bond donors (Lipinski definition) is 0. The molecule has 0 spiro atoms. The summed E-state index contributed by atoms with van der Waals surface area (Å²) in [6.45, 7) is 5.90. The van der Waals surface area contributed by atoms with E-state index in [2.05, 4.69) is 0 Å². The highest BCUT2D eigenvalue weighted by Crippen LogP contribution is 2.21. The van der Waals surface area contributed by atoms with Gasteiger partial charge in [0.05, 0.1) is 5.56 Å². The largest absolute Gasteiger partial charge is 0.459 e. The van der Waals surface area contributed by atoms with Crippen molar-refractivity contribution in [1.29, 1.82) is 0 Å². The zero-order valence-electron chi connectivity index (χ0n) is 14.3. The molecule has 1 fully saturated rings. The molecule has 1 aliphatic heterocycles. The van der Waals surface area contributed by atoms with Crippen LogP contribution < -0.4 is 0 Å². The number of carbonyl (C=O) groups is 2. The van der Waals surface area contributed by atoms with Crippen LogP contribution in [0.5, 0.6) is 0 Å². The molecule has 1 aliphatic rings. The maximum atomic E-state index is 13.6. The van der Waals surface area contributed by atoms with Crippen LogP contribution in [0.1, 0.15) is 44.0 Å². The summed E-state index contributed by atoms with van der Waals surface area (Å²) in [5.74, 6) is -5.72. The van der Waals surface area contributed by atoms with Crippen LogP contribution >= 0.6 is 0 Å². The first-order valence-electron chi connectivity index (χ1n) is 7.91. The number of amides is 1. The Kier molecular flexibility index (Phi) is 5.59. The molecule has 1 heterocycles. The maximum Gasteiger partial charge on any atom is 0.410 e. The van der Waals surface area contributed by atoms with Crippen molar-refractivity contribution < 1.29 is 32.2 Å². The molecule has 5 nitrogen and oxygen atoms in total. The van der Waals surface area contributed by atoms with E-state index in [4.69, 9.17) is 9.47 Å². The summed E-state index contributed by atoms with van der Waals surface area (Å²) in [4.78, 5) is 25.4. The fourth-order valence-corrected chi connectivity index (χ4v) is 2.38. The van der Waals surface area contributed by atoms with Gasteiger partial charge in [0.2, 0.25) is 0 Å². The van der Waals surface area contributed by atoms with Crippen molar-refractivity contribution in [3.63, 3.8) is 0 Å².